The third-order valence-electron chi connectivity index (χ3n) is 2.40. The van der Waals surface area contributed by atoms with Crippen molar-refractivity contribution in [3.8, 4) is 0 Å². The Balaban J connectivity index is 2.54. The Bertz CT molecular complexity index is 572. The number of carbonyl (C=O) groups is 1. The van der Waals surface area contributed by atoms with Gasteiger partial charge in [0.05, 0.1) is 6.54 Å². The maximum atomic E-state index is 11.6. The van der Waals surface area contributed by atoms with Gasteiger partial charge in [0.1, 0.15) is 23.2 Å². The van der Waals surface area contributed by atoms with E-state index in [1.807, 2.05) is 6.26 Å². The summed E-state index contributed by atoms with van der Waals surface area (Å²) in [4.78, 5) is 24.2. The molecule has 2 heterocycles. The minimum atomic E-state index is -0.112. The molecule has 0 aliphatic rings. The third-order valence-corrected chi connectivity index (χ3v) is 3.25. The first-order valence-electron chi connectivity index (χ1n) is 5.25. The molecule has 0 aromatic carbocycles. The van der Waals surface area contributed by atoms with Crippen molar-refractivity contribution in [2.45, 2.75) is 11.9 Å². The van der Waals surface area contributed by atoms with E-state index in [0.29, 0.717) is 23.6 Å². The molecule has 0 aliphatic heterocycles. The Labute approximate surface area is 113 Å². The molecule has 0 bridgehead atoms. The molecule has 8 heteroatoms. The van der Waals surface area contributed by atoms with Gasteiger partial charge in [-0.3, -0.25) is 4.79 Å². The van der Waals surface area contributed by atoms with Gasteiger partial charge in [0.15, 0.2) is 5.65 Å². The number of alkyl halides is 1. The number of nitrogens with zero attached hydrogens (tertiary/aromatic N) is 5. The van der Waals surface area contributed by atoms with Gasteiger partial charge in [-0.2, -0.15) is 0 Å². The van der Waals surface area contributed by atoms with Crippen molar-refractivity contribution < 1.29 is 4.79 Å². The Kier molecular flexibility index (Phi) is 4.03. The average Bonchev–Trinajstić information content (AvgIpc) is 2.79. The zero-order chi connectivity index (χ0) is 13.1. The second-order valence-corrected chi connectivity index (χ2v) is 4.65. The quantitative estimate of drug-likeness (QED) is 0.481. The van der Waals surface area contributed by atoms with Crippen molar-refractivity contribution in [1.82, 2.24) is 19.6 Å². The lowest BCUT2D eigenvalue weighted by Crippen LogP contribution is -2.40. The minimum absolute atomic E-state index is 0.112. The number of hydrogen-bond acceptors (Lipinski definition) is 5. The van der Waals surface area contributed by atoms with Crippen LogP contribution in [0.2, 0.25) is 0 Å². The van der Waals surface area contributed by atoms with E-state index >= 15 is 0 Å². The monoisotopic (exact) mass is 285 g/mol. The molecule has 2 aromatic rings. The lowest BCUT2D eigenvalue weighted by molar-refractivity contribution is -0.117. The molecule has 2 rings (SSSR count). The molecule has 0 saturated carbocycles. The molecular formula is C10H12ClN5OS. The van der Waals surface area contributed by atoms with Gasteiger partial charge in [-0.05, 0) is 6.26 Å². The fourth-order valence-electron chi connectivity index (χ4n) is 1.62. The molecule has 18 heavy (non-hydrogen) atoms. The van der Waals surface area contributed by atoms with Crippen LogP contribution in [0, 0.1) is 0 Å². The summed E-state index contributed by atoms with van der Waals surface area (Å²) < 4.78 is 1.61. The number of halogens is 1. The van der Waals surface area contributed by atoms with Gasteiger partial charge in [-0.15, -0.1) is 23.4 Å². The maximum Gasteiger partial charge on any atom is 0.238 e. The highest BCUT2D eigenvalue weighted by atomic mass is 35.5. The van der Waals surface area contributed by atoms with Crippen LogP contribution in [0.25, 0.3) is 11.2 Å². The van der Waals surface area contributed by atoms with E-state index < -0.39 is 0 Å². The molecule has 0 radical (unpaired) electrons. The fourth-order valence-corrected chi connectivity index (χ4v) is 2.27. The summed E-state index contributed by atoms with van der Waals surface area (Å²) in [6.07, 6.45) is 4.95. The van der Waals surface area contributed by atoms with E-state index in [4.69, 9.17) is 11.6 Å². The second-order valence-electron chi connectivity index (χ2n) is 3.48. The number of imidazole rings is 1. The van der Waals surface area contributed by atoms with Gasteiger partial charge >= 0.3 is 0 Å². The molecule has 1 amide bonds. The standard InChI is InChI=1S/C10H12ClN5OS/c1-7(17)15(4-3-11)16-6-14-8-9(16)12-5-13-10(8)18-2/h5-6H,3-4H2,1-2H3. The summed E-state index contributed by atoms with van der Waals surface area (Å²) in [5.41, 5.74) is 1.29. The first-order chi connectivity index (χ1) is 8.69. The van der Waals surface area contributed by atoms with Crippen LogP contribution >= 0.6 is 23.4 Å². The number of aromatic nitrogens is 4. The van der Waals surface area contributed by atoms with Crippen LogP contribution in [0.15, 0.2) is 17.7 Å². The number of carbonyl (C=O) groups excluding carboxylic acids is 1. The van der Waals surface area contributed by atoms with Crippen molar-refractivity contribution in [2.24, 2.45) is 0 Å². The van der Waals surface area contributed by atoms with E-state index in [1.54, 1.807) is 11.0 Å². The molecule has 0 spiro atoms. The summed E-state index contributed by atoms with van der Waals surface area (Å²) in [7, 11) is 0. The normalized spacial score (nSPS) is 10.8. The molecule has 96 valence electrons. The van der Waals surface area contributed by atoms with Crippen LogP contribution in [-0.4, -0.2) is 44.2 Å². The van der Waals surface area contributed by atoms with E-state index in [2.05, 4.69) is 15.0 Å². The zero-order valence-corrected chi connectivity index (χ0v) is 11.6. The molecule has 2 aromatic heterocycles. The summed E-state index contributed by atoms with van der Waals surface area (Å²) in [6, 6.07) is 0. The van der Waals surface area contributed by atoms with Gasteiger partial charge in [0.2, 0.25) is 5.91 Å². The summed E-state index contributed by atoms with van der Waals surface area (Å²) in [6.45, 7) is 1.88. The highest BCUT2D eigenvalue weighted by Gasteiger charge is 2.16. The van der Waals surface area contributed by atoms with E-state index in [-0.39, 0.29) is 5.91 Å². The second kappa shape index (κ2) is 5.53. The topological polar surface area (TPSA) is 63.9 Å². The number of fused-ring (bicyclic) bond motifs is 1. The number of thioether (sulfide) groups is 1. The molecule has 0 atom stereocenters. The fraction of sp³-hybridized carbons (Fsp3) is 0.400. The zero-order valence-electron chi connectivity index (χ0n) is 10.00. The van der Waals surface area contributed by atoms with Crippen LogP contribution in [0.1, 0.15) is 6.92 Å². The van der Waals surface area contributed by atoms with Crippen LogP contribution in [0.5, 0.6) is 0 Å². The van der Waals surface area contributed by atoms with E-state index in [9.17, 15) is 4.79 Å². The highest BCUT2D eigenvalue weighted by molar-refractivity contribution is 7.98. The van der Waals surface area contributed by atoms with Gasteiger partial charge in [0.25, 0.3) is 0 Å². The first kappa shape index (κ1) is 13.1. The van der Waals surface area contributed by atoms with Gasteiger partial charge < -0.3 is 0 Å². The first-order valence-corrected chi connectivity index (χ1v) is 7.01. The van der Waals surface area contributed by atoms with E-state index in [1.165, 1.54) is 30.0 Å². The van der Waals surface area contributed by atoms with Crippen molar-refractivity contribution in [2.75, 3.05) is 23.7 Å². The molecule has 0 fully saturated rings. The number of rotatable bonds is 4. The minimum Gasteiger partial charge on any atom is -0.273 e. The summed E-state index contributed by atoms with van der Waals surface area (Å²) >= 11 is 7.19. The molecular weight excluding hydrogens is 274 g/mol. The summed E-state index contributed by atoms with van der Waals surface area (Å²) in [5.74, 6) is 0.235. The van der Waals surface area contributed by atoms with Crippen LogP contribution in [0.3, 0.4) is 0 Å². The summed E-state index contributed by atoms with van der Waals surface area (Å²) in [5, 5.41) is 2.28. The molecule has 0 saturated heterocycles. The predicted molar refractivity (Wildman–Crippen MR) is 71.6 cm³/mol. The maximum absolute atomic E-state index is 11.6. The Morgan fingerprint density at radius 3 is 2.89 bits per heavy atom. The molecule has 0 unspecified atom stereocenters. The largest absolute Gasteiger partial charge is 0.273 e. The van der Waals surface area contributed by atoms with Crippen molar-refractivity contribution >= 4 is 40.4 Å². The molecule has 0 N–H and O–H groups in total. The Morgan fingerprint density at radius 1 is 1.50 bits per heavy atom. The Morgan fingerprint density at radius 2 is 2.28 bits per heavy atom. The third kappa shape index (κ3) is 2.28. The predicted octanol–water partition coefficient (Wildman–Crippen LogP) is 1.27. The van der Waals surface area contributed by atoms with Crippen molar-refractivity contribution in [3.05, 3.63) is 12.7 Å². The van der Waals surface area contributed by atoms with Gasteiger partial charge in [-0.1, -0.05) is 0 Å². The highest BCUT2D eigenvalue weighted by Crippen LogP contribution is 2.20. The molecule has 0 aliphatic carbocycles. The van der Waals surface area contributed by atoms with Crippen LogP contribution in [0.4, 0.5) is 0 Å². The smallest absolute Gasteiger partial charge is 0.238 e. The number of hydrogen-bond donors (Lipinski definition) is 0. The SMILES string of the molecule is CSc1ncnc2c1ncn2N(CCCl)C(C)=O. The van der Waals surface area contributed by atoms with Crippen LogP contribution in [-0.2, 0) is 4.79 Å². The lowest BCUT2D eigenvalue weighted by atomic mass is 10.5. The Hall–Kier alpha value is -1.34. The number of amides is 1. The lowest BCUT2D eigenvalue weighted by Gasteiger charge is -2.20. The van der Waals surface area contributed by atoms with Crippen LogP contribution < -0.4 is 5.01 Å². The van der Waals surface area contributed by atoms with Crippen molar-refractivity contribution in [1.29, 1.82) is 0 Å². The average molecular weight is 286 g/mol. The van der Waals surface area contributed by atoms with E-state index in [0.717, 1.165) is 5.03 Å². The van der Waals surface area contributed by atoms with Crippen molar-refractivity contribution in [3.63, 3.8) is 0 Å². The molecule has 6 nitrogen and oxygen atoms in total. The van der Waals surface area contributed by atoms with Gasteiger partial charge in [0, 0.05) is 12.8 Å². The van der Waals surface area contributed by atoms with Gasteiger partial charge in [-0.25, -0.2) is 24.6 Å².